The zero-order valence-electron chi connectivity index (χ0n) is 20.7. The lowest BCUT2D eigenvalue weighted by Gasteiger charge is -2.23. The van der Waals surface area contributed by atoms with Gasteiger partial charge in [0.1, 0.15) is 18.1 Å². The average Bonchev–Trinajstić information content (AvgIpc) is 2.80. The van der Waals surface area contributed by atoms with Crippen molar-refractivity contribution in [2.45, 2.75) is 63.2 Å². The van der Waals surface area contributed by atoms with Gasteiger partial charge in [0.05, 0.1) is 6.04 Å². The maximum absolute atomic E-state index is 12.9. The standard InChI is InChI=1S/C20H40N10O5S/c1-11(15(31)30-14(18(34)35)6-4-9-27-20(24)25)28-17(33)13(5-3-8-26-19(22)23)29-16(32)12(21)7-10-36-2/h11-14H,3-10,21H2,1-2H3,(H,28,33)(H,29,32)(H,30,31)(H,34,35)(H4,22,23,26)(H4,24,25,27). The molecule has 206 valence electrons. The molecule has 0 aliphatic heterocycles. The summed E-state index contributed by atoms with van der Waals surface area (Å²) in [5.74, 6) is -2.63. The Morgan fingerprint density at radius 1 is 0.806 bits per heavy atom. The molecule has 0 fully saturated rings. The first kappa shape index (κ1) is 32.7. The maximum Gasteiger partial charge on any atom is 0.326 e. The topological polar surface area (TPSA) is 279 Å². The van der Waals surface area contributed by atoms with Crippen molar-refractivity contribution >= 4 is 47.4 Å². The van der Waals surface area contributed by atoms with E-state index < -0.39 is 47.9 Å². The van der Waals surface area contributed by atoms with Gasteiger partial charge in [-0.05, 0) is 51.0 Å². The highest BCUT2D eigenvalue weighted by molar-refractivity contribution is 7.98. The van der Waals surface area contributed by atoms with Gasteiger partial charge in [0, 0.05) is 13.1 Å². The molecule has 0 saturated carbocycles. The minimum Gasteiger partial charge on any atom is -0.480 e. The number of aliphatic imine (C=N–C) groups is 2. The number of aliphatic carboxylic acids is 1. The van der Waals surface area contributed by atoms with Crippen molar-refractivity contribution in [2.75, 3.05) is 25.1 Å². The normalized spacial score (nSPS) is 13.9. The summed E-state index contributed by atoms with van der Waals surface area (Å²) < 4.78 is 0. The quantitative estimate of drug-likeness (QED) is 0.0479. The van der Waals surface area contributed by atoms with Gasteiger partial charge < -0.3 is 49.7 Å². The molecule has 0 heterocycles. The van der Waals surface area contributed by atoms with Crippen LogP contribution in [0, 0.1) is 0 Å². The third kappa shape index (κ3) is 14.9. The second-order valence-electron chi connectivity index (χ2n) is 7.98. The van der Waals surface area contributed by atoms with E-state index in [-0.39, 0.29) is 37.9 Å². The third-order valence-electron chi connectivity index (χ3n) is 4.86. The van der Waals surface area contributed by atoms with Crippen LogP contribution in [0.2, 0.25) is 0 Å². The van der Waals surface area contributed by atoms with Crippen LogP contribution >= 0.6 is 11.8 Å². The first-order valence-corrected chi connectivity index (χ1v) is 12.8. The van der Waals surface area contributed by atoms with Gasteiger partial charge in [-0.3, -0.25) is 24.4 Å². The molecule has 4 unspecified atom stereocenters. The number of nitrogens with one attached hydrogen (secondary N) is 3. The summed E-state index contributed by atoms with van der Waals surface area (Å²) in [6, 6.07) is -4.09. The van der Waals surface area contributed by atoms with Crippen molar-refractivity contribution < 1.29 is 24.3 Å². The van der Waals surface area contributed by atoms with E-state index >= 15 is 0 Å². The van der Waals surface area contributed by atoms with Crippen LogP contribution < -0.4 is 44.6 Å². The van der Waals surface area contributed by atoms with E-state index in [4.69, 9.17) is 28.7 Å². The van der Waals surface area contributed by atoms with Crippen molar-refractivity contribution in [2.24, 2.45) is 38.7 Å². The van der Waals surface area contributed by atoms with Crippen molar-refractivity contribution in [3.8, 4) is 0 Å². The SMILES string of the molecule is CSCCC(N)C(=O)NC(CCCN=C(N)N)C(=O)NC(C)C(=O)NC(CCCN=C(N)N)C(=O)O. The molecular formula is C20H40N10O5S. The molecule has 0 radical (unpaired) electrons. The van der Waals surface area contributed by atoms with Gasteiger partial charge in [-0.1, -0.05) is 0 Å². The second-order valence-corrected chi connectivity index (χ2v) is 8.96. The fourth-order valence-electron chi connectivity index (χ4n) is 2.86. The summed E-state index contributed by atoms with van der Waals surface area (Å²) in [5, 5.41) is 16.9. The Labute approximate surface area is 214 Å². The lowest BCUT2D eigenvalue weighted by atomic mass is 10.1. The lowest BCUT2D eigenvalue weighted by Crippen LogP contribution is -2.56. The van der Waals surface area contributed by atoms with Gasteiger partial charge in [-0.2, -0.15) is 11.8 Å². The van der Waals surface area contributed by atoms with E-state index in [2.05, 4.69) is 25.9 Å². The number of nitrogens with zero attached hydrogens (tertiary/aromatic N) is 2. The third-order valence-corrected chi connectivity index (χ3v) is 5.50. The first-order valence-electron chi connectivity index (χ1n) is 11.4. The van der Waals surface area contributed by atoms with Crippen LogP contribution in [0.1, 0.15) is 39.0 Å². The zero-order valence-corrected chi connectivity index (χ0v) is 21.6. The number of hydrogen-bond acceptors (Lipinski definition) is 8. The number of guanidine groups is 2. The maximum atomic E-state index is 12.9. The molecule has 0 aromatic carbocycles. The van der Waals surface area contributed by atoms with Crippen LogP contribution in [-0.4, -0.2) is 90.0 Å². The number of amides is 3. The van der Waals surface area contributed by atoms with Crippen LogP contribution in [0.4, 0.5) is 0 Å². The average molecular weight is 533 g/mol. The van der Waals surface area contributed by atoms with Gasteiger partial charge in [-0.25, -0.2) is 4.79 Å². The van der Waals surface area contributed by atoms with E-state index in [9.17, 15) is 24.3 Å². The van der Waals surface area contributed by atoms with E-state index in [1.54, 1.807) is 0 Å². The predicted octanol–water partition coefficient (Wildman–Crippen LogP) is -3.27. The number of thioether (sulfide) groups is 1. The summed E-state index contributed by atoms with van der Waals surface area (Å²) in [4.78, 5) is 56.9. The molecule has 16 heteroatoms. The predicted molar refractivity (Wildman–Crippen MR) is 140 cm³/mol. The Bertz CT molecular complexity index is 787. The van der Waals surface area contributed by atoms with Crippen molar-refractivity contribution in [3.05, 3.63) is 0 Å². The smallest absolute Gasteiger partial charge is 0.326 e. The number of nitrogens with two attached hydrogens (primary N) is 5. The van der Waals surface area contributed by atoms with Crippen molar-refractivity contribution in [3.63, 3.8) is 0 Å². The molecule has 4 atom stereocenters. The van der Waals surface area contributed by atoms with E-state index in [1.807, 2.05) is 6.26 Å². The van der Waals surface area contributed by atoms with Gasteiger partial charge in [0.25, 0.3) is 0 Å². The number of carbonyl (C=O) groups excluding carboxylic acids is 3. The van der Waals surface area contributed by atoms with Crippen LogP contribution in [0.3, 0.4) is 0 Å². The highest BCUT2D eigenvalue weighted by Crippen LogP contribution is 2.04. The molecule has 0 aliphatic carbocycles. The highest BCUT2D eigenvalue weighted by Gasteiger charge is 2.28. The van der Waals surface area contributed by atoms with Crippen LogP contribution in [-0.2, 0) is 19.2 Å². The Morgan fingerprint density at radius 2 is 1.31 bits per heavy atom. The minimum atomic E-state index is -1.24. The fraction of sp³-hybridized carbons (Fsp3) is 0.700. The lowest BCUT2D eigenvalue weighted by molar-refractivity contribution is -0.142. The van der Waals surface area contributed by atoms with Crippen molar-refractivity contribution in [1.82, 2.24) is 16.0 Å². The van der Waals surface area contributed by atoms with Gasteiger partial charge >= 0.3 is 5.97 Å². The van der Waals surface area contributed by atoms with Gasteiger partial charge in [0.2, 0.25) is 17.7 Å². The summed E-state index contributed by atoms with van der Waals surface area (Å²) in [6.07, 6.45) is 3.25. The van der Waals surface area contributed by atoms with Crippen LogP contribution in [0.15, 0.2) is 9.98 Å². The number of rotatable bonds is 18. The Morgan fingerprint density at radius 3 is 1.78 bits per heavy atom. The number of carboxylic acid groups (broad SMARTS) is 1. The Kier molecular flexibility index (Phi) is 16.4. The van der Waals surface area contributed by atoms with Gasteiger partial charge in [-0.15, -0.1) is 0 Å². The molecule has 0 saturated heterocycles. The molecule has 15 nitrogen and oxygen atoms in total. The van der Waals surface area contributed by atoms with Gasteiger partial charge in [0.15, 0.2) is 11.9 Å². The van der Waals surface area contributed by atoms with Crippen LogP contribution in [0.5, 0.6) is 0 Å². The summed E-state index contributed by atoms with van der Waals surface area (Å²) in [5.41, 5.74) is 27.0. The van der Waals surface area contributed by atoms with E-state index in [0.717, 1.165) is 0 Å². The molecule has 36 heavy (non-hydrogen) atoms. The minimum absolute atomic E-state index is 0.0793. The molecule has 0 aromatic rings. The van der Waals surface area contributed by atoms with E-state index in [0.29, 0.717) is 25.0 Å². The largest absolute Gasteiger partial charge is 0.480 e. The molecule has 0 bridgehead atoms. The number of hydrogen-bond donors (Lipinski definition) is 9. The number of carbonyl (C=O) groups is 4. The van der Waals surface area contributed by atoms with Crippen LogP contribution in [0.25, 0.3) is 0 Å². The van der Waals surface area contributed by atoms with Crippen molar-refractivity contribution in [1.29, 1.82) is 0 Å². The summed E-state index contributed by atoms with van der Waals surface area (Å²) >= 11 is 1.54. The Hall–Kier alpha value is -3.27. The monoisotopic (exact) mass is 532 g/mol. The van der Waals surface area contributed by atoms with E-state index in [1.165, 1.54) is 18.7 Å². The molecule has 3 amide bonds. The molecule has 0 spiro atoms. The summed E-state index contributed by atoms with van der Waals surface area (Å²) in [7, 11) is 0. The molecular weight excluding hydrogens is 492 g/mol. The molecule has 0 rings (SSSR count). The fourth-order valence-corrected chi connectivity index (χ4v) is 3.35. The Balaban J connectivity index is 5.13. The highest BCUT2D eigenvalue weighted by atomic mass is 32.2. The first-order chi connectivity index (χ1) is 16.9. The number of carboxylic acids is 1. The summed E-state index contributed by atoms with van der Waals surface area (Å²) in [6.45, 7) is 1.83. The molecule has 0 aromatic heterocycles. The molecule has 14 N–H and O–H groups in total. The zero-order chi connectivity index (χ0) is 27.7. The molecule has 0 aliphatic rings. The second kappa shape index (κ2) is 18.1.